The van der Waals surface area contributed by atoms with Gasteiger partial charge in [-0.05, 0) is 18.9 Å². The first-order chi connectivity index (χ1) is 12.5. The average molecular weight is 349 g/mol. The van der Waals surface area contributed by atoms with E-state index < -0.39 is 28.6 Å². The molecule has 1 N–H and O–H groups in total. The lowest BCUT2D eigenvalue weighted by atomic mass is 9.52. The second-order valence-electron chi connectivity index (χ2n) is 6.69. The quantitative estimate of drug-likeness (QED) is 0.889. The highest BCUT2D eigenvalue weighted by atomic mass is 16.7. The second kappa shape index (κ2) is 6.09. The van der Waals surface area contributed by atoms with E-state index in [1.807, 2.05) is 26.0 Å². The number of nitriles is 3. The zero-order chi connectivity index (χ0) is 19.0. The fourth-order valence-electron chi connectivity index (χ4n) is 4.50. The fourth-order valence-corrected chi connectivity index (χ4v) is 4.50. The molecule has 0 saturated carbocycles. The molecule has 2 bridgehead atoms. The van der Waals surface area contributed by atoms with Crippen molar-refractivity contribution in [2.45, 2.75) is 45.0 Å². The molecule has 7 nitrogen and oxygen atoms in total. The Bertz CT molecular complexity index is 835. The first kappa shape index (κ1) is 17.9. The first-order valence-corrected chi connectivity index (χ1v) is 8.61. The third kappa shape index (κ3) is 1.88. The van der Waals surface area contributed by atoms with Crippen LogP contribution in [0, 0.1) is 56.2 Å². The van der Waals surface area contributed by atoms with Gasteiger partial charge in [-0.15, -0.1) is 0 Å². The Morgan fingerprint density at radius 1 is 1.23 bits per heavy atom. The summed E-state index contributed by atoms with van der Waals surface area (Å²) in [6.45, 7) is 3.82. The molecule has 26 heavy (non-hydrogen) atoms. The highest BCUT2D eigenvalue weighted by molar-refractivity contribution is 5.89. The summed E-state index contributed by atoms with van der Waals surface area (Å²) >= 11 is 0. The van der Waals surface area contributed by atoms with Crippen molar-refractivity contribution in [2.24, 2.45) is 16.7 Å². The van der Waals surface area contributed by atoms with Crippen LogP contribution in [0.1, 0.15) is 44.8 Å². The number of fused-ring (bicyclic) bond motifs is 2. The van der Waals surface area contributed by atoms with Crippen molar-refractivity contribution in [3.63, 3.8) is 0 Å². The van der Waals surface area contributed by atoms with E-state index in [4.69, 9.17) is 14.9 Å². The Morgan fingerprint density at radius 2 is 1.96 bits per heavy atom. The van der Waals surface area contributed by atoms with Gasteiger partial charge in [0.15, 0.2) is 5.41 Å². The second-order valence-corrected chi connectivity index (χ2v) is 6.69. The van der Waals surface area contributed by atoms with Crippen LogP contribution in [0.15, 0.2) is 24.5 Å². The molecule has 3 rings (SSSR count). The molecule has 4 atom stereocenters. The molecule has 1 aromatic rings. The maximum Gasteiger partial charge on any atom is 0.217 e. The summed E-state index contributed by atoms with van der Waals surface area (Å²) in [6, 6.07) is 9.60. The molecular weight excluding hydrogens is 330 g/mol. The summed E-state index contributed by atoms with van der Waals surface area (Å²) in [7, 11) is 0. The normalized spacial score (nSPS) is 34.2. The SMILES string of the molecule is CCCC12OC(=N)C(C#N)(C1CC)C(C#N)(C#N)C(c1cccnc1)O2. The van der Waals surface area contributed by atoms with E-state index >= 15 is 0 Å². The molecule has 0 amide bonds. The number of hydrogen-bond acceptors (Lipinski definition) is 7. The predicted octanol–water partition coefficient (Wildman–Crippen LogP) is 3.23. The Hall–Kier alpha value is -2.95. The van der Waals surface area contributed by atoms with Crippen LogP contribution in [0.3, 0.4) is 0 Å². The van der Waals surface area contributed by atoms with Crippen LogP contribution in [0.5, 0.6) is 0 Å². The summed E-state index contributed by atoms with van der Waals surface area (Å²) in [5.41, 5.74) is -3.08. The van der Waals surface area contributed by atoms with Crippen molar-refractivity contribution >= 4 is 5.90 Å². The van der Waals surface area contributed by atoms with Gasteiger partial charge in [0.1, 0.15) is 6.10 Å². The molecule has 0 aromatic carbocycles. The molecule has 0 spiro atoms. The number of pyridine rings is 1. The van der Waals surface area contributed by atoms with Gasteiger partial charge in [-0.25, -0.2) is 0 Å². The van der Waals surface area contributed by atoms with E-state index in [0.29, 0.717) is 24.8 Å². The number of nitrogens with one attached hydrogen (secondary N) is 1. The van der Waals surface area contributed by atoms with Gasteiger partial charge in [-0.2, -0.15) is 15.8 Å². The number of rotatable bonds is 4. The van der Waals surface area contributed by atoms with Gasteiger partial charge in [0.2, 0.25) is 17.1 Å². The van der Waals surface area contributed by atoms with Crippen LogP contribution < -0.4 is 0 Å². The monoisotopic (exact) mass is 349 g/mol. The third-order valence-electron chi connectivity index (χ3n) is 5.54. The molecule has 2 aliphatic rings. The zero-order valence-electron chi connectivity index (χ0n) is 14.7. The van der Waals surface area contributed by atoms with Crippen molar-refractivity contribution < 1.29 is 9.47 Å². The Labute approximate surface area is 152 Å². The van der Waals surface area contributed by atoms with Crippen LogP contribution in [0.2, 0.25) is 0 Å². The highest BCUT2D eigenvalue weighted by Crippen LogP contribution is 2.68. The van der Waals surface area contributed by atoms with E-state index in [-0.39, 0.29) is 5.90 Å². The minimum atomic E-state index is -1.91. The van der Waals surface area contributed by atoms with Crippen molar-refractivity contribution in [3.05, 3.63) is 30.1 Å². The Balaban J connectivity index is 2.34. The lowest BCUT2D eigenvalue weighted by Crippen LogP contribution is -2.59. The molecule has 0 radical (unpaired) electrons. The van der Waals surface area contributed by atoms with E-state index in [9.17, 15) is 15.8 Å². The van der Waals surface area contributed by atoms with Crippen molar-refractivity contribution in [2.75, 3.05) is 0 Å². The lowest BCUT2D eigenvalue weighted by molar-refractivity contribution is -0.286. The molecule has 2 saturated heterocycles. The summed E-state index contributed by atoms with van der Waals surface area (Å²) in [5.74, 6) is -2.14. The smallest absolute Gasteiger partial charge is 0.217 e. The summed E-state index contributed by atoms with van der Waals surface area (Å²) in [6.07, 6.45) is 3.67. The van der Waals surface area contributed by atoms with Gasteiger partial charge in [-0.3, -0.25) is 10.4 Å². The van der Waals surface area contributed by atoms with Crippen LogP contribution in [0.4, 0.5) is 0 Å². The Morgan fingerprint density at radius 3 is 2.46 bits per heavy atom. The van der Waals surface area contributed by atoms with Crippen LogP contribution >= 0.6 is 0 Å². The third-order valence-corrected chi connectivity index (χ3v) is 5.54. The molecule has 2 fully saturated rings. The van der Waals surface area contributed by atoms with Crippen molar-refractivity contribution in [1.29, 1.82) is 21.2 Å². The van der Waals surface area contributed by atoms with E-state index in [1.54, 1.807) is 18.3 Å². The van der Waals surface area contributed by atoms with Crippen LogP contribution in [-0.4, -0.2) is 16.7 Å². The van der Waals surface area contributed by atoms with E-state index in [0.717, 1.165) is 0 Å². The van der Waals surface area contributed by atoms with Gasteiger partial charge < -0.3 is 9.47 Å². The molecule has 3 heterocycles. The number of hydrogen-bond donors (Lipinski definition) is 1. The Kier molecular flexibility index (Phi) is 4.18. The topological polar surface area (TPSA) is 127 Å². The zero-order valence-corrected chi connectivity index (χ0v) is 14.7. The largest absolute Gasteiger partial charge is 0.447 e. The number of nitrogens with zero attached hydrogens (tertiary/aromatic N) is 4. The minimum Gasteiger partial charge on any atom is -0.447 e. The summed E-state index contributed by atoms with van der Waals surface area (Å²) in [5, 5.41) is 38.7. The van der Waals surface area contributed by atoms with Gasteiger partial charge in [0, 0.05) is 24.4 Å². The average Bonchev–Trinajstić information content (AvgIpc) is 2.86. The maximum atomic E-state index is 10.1. The lowest BCUT2D eigenvalue weighted by Gasteiger charge is -2.49. The summed E-state index contributed by atoms with van der Waals surface area (Å²) < 4.78 is 12.1. The van der Waals surface area contributed by atoms with E-state index in [1.165, 1.54) is 6.20 Å². The van der Waals surface area contributed by atoms with Crippen molar-refractivity contribution in [1.82, 2.24) is 4.98 Å². The molecule has 7 heteroatoms. The fraction of sp³-hybridized carbons (Fsp3) is 0.526. The predicted molar refractivity (Wildman–Crippen MR) is 90.0 cm³/mol. The molecule has 132 valence electrons. The standard InChI is InChI=1S/C19H19N5O2/c1-3-7-19-14(4-2)18(12-22,16(23)26-19)17(10-20,11-21)15(25-19)13-6-5-8-24-9-13/h5-6,8-9,14-15,23H,3-4,7H2,1-2H3. The van der Waals surface area contributed by atoms with Crippen LogP contribution in [-0.2, 0) is 9.47 Å². The molecule has 4 unspecified atom stereocenters. The van der Waals surface area contributed by atoms with E-state index in [2.05, 4.69) is 11.1 Å². The summed E-state index contributed by atoms with van der Waals surface area (Å²) in [4.78, 5) is 4.06. The highest BCUT2D eigenvalue weighted by Gasteiger charge is 2.79. The van der Waals surface area contributed by atoms with Gasteiger partial charge in [0.05, 0.1) is 24.1 Å². The molecule has 2 aliphatic heterocycles. The minimum absolute atomic E-state index is 0.352. The number of aromatic nitrogens is 1. The van der Waals surface area contributed by atoms with Gasteiger partial charge >= 0.3 is 0 Å². The molecular formula is C19H19N5O2. The molecule has 1 aromatic heterocycles. The van der Waals surface area contributed by atoms with Crippen LogP contribution in [0.25, 0.3) is 0 Å². The number of ether oxygens (including phenoxy) is 2. The van der Waals surface area contributed by atoms with Crippen molar-refractivity contribution in [3.8, 4) is 18.2 Å². The maximum absolute atomic E-state index is 10.1. The van der Waals surface area contributed by atoms with Gasteiger partial charge in [-0.1, -0.05) is 19.9 Å². The van der Waals surface area contributed by atoms with Gasteiger partial charge in [0.25, 0.3) is 0 Å². The molecule has 0 aliphatic carbocycles. The first-order valence-electron chi connectivity index (χ1n) is 8.61.